The van der Waals surface area contributed by atoms with E-state index in [1.54, 1.807) is 24.3 Å². The van der Waals surface area contributed by atoms with Gasteiger partial charge in [0.15, 0.2) is 0 Å². The molecule has 0 spiro atoms. The van der Waals surface area contributed by atoms with Crippen LogP contribution in [-0.4, -0.2) is 12.5 Å². The first kappa shape index (κ1) is 14.9. The van der Waals surface area contributed by atoms with E-state index in [1.807, 2.05) is 38.1 Å². The number of amides is 1. The zero-order valence-corrected chi connectivity index (χ0v) is 12.3. The van der Waals surface area contributed by atoms with Gasteiger partial charge in [-0.2, -0.15) is 0 Å². The van der Waals surface area contributed by atoms with Gasteiger partial charge in [0.2, 0.25) is 0 Å². The normalized spacial score (nSPS) is 10.0. The van der Waals surface area contributed by atoms with Crippen LogP contribution in [0.1, 0.15) is 22.8 Å². The van der Waals surface area contributed by atoms with Crippen molar-refractivity contribution in [1.29, 1.82) is 0 Å². The van der Waals surface area contributed by atoms with Gasteiger partial charge in [-0.1, -0.05) is 18.7 Å². The maximum Gasteiger partial charge on any atom is 0.255 e. The minimum Gasteiger partial charge on any atom is -0.489 e. The zero-order valence-electron chi connectivity index (χ0n) is 12.3. The highest BCUT2D eigenvalue weighted by atomic mass is 16.5. The minimum atomic E-state index is -0.132. The molecule has 2 aromatic rings. The zero-order chi connectivity index (χ0) is 15.2. The van der Waals surface area contributed by atoms with Gasteiger partial charge >= 0.3 is 0 Å². The van der Waals surface area contributed by atoms with E-state index in [0.29, 0.717) is 12.2 Å². The summed E-state index contributed by atoms with van der Waals surface area (Å²) in [5.41, 5.74) is 3.45. The van der Waals surface area contributed by atoms with Crippen LogP contribution < -0.4 is 10.1 Å². The standard InChI is InChI=1S/C18H19NO2/c1-13(2)12-21-17-9-7-15(8-10-17)18(20)19-16-6-4-5-14(3)11-16/h4-11H,1,12H2,2-3H3,(H,19,20). The van der Waals surface area contributed by atoms with Crippen LogP contribution in [0, 0.1) is 6.92 Å². The van der Waals surface area contributed by atoms with E-state index in [4.69, 9.17) is 4.74 Å². The minimum absolute atomic E-state index is 0.132. The molecule has 1 amide bonds. The first-order chi connectivity index (χ1) is 10.0. The van der Waals surface area contributed by atoms with Gasteiger partial charge in [-0.25, -0.2) is 0 Å². The lowest BCUT2D eigenvalue weighted by Gasteiger charge is -2.08. The maximum absolute atomic E-state index is 12.1. The molecular formula is C18H19NO2. The number of ether oxygens (including phenoxy) is 1. The Bertz CT molecular complexity index is 645. The third-order valence-electron chi connectivity index (χ3n) is 2.88. The summed E-state index contributed by atoms with van der Waals surface area (Å²) >= 11 is 0. The van der Waals surface area contributed by atoms with Crippen LogP contribution in [0.4, 0.5) is 5.69 Å². The highest BCUT2D eigenvalue weighted by Crippen LogP contribution is 2.15. The van der Waals surface area contributed by atoms with Crippen molar-refractivity contribution < 1.29 is 9.53 Å². The van der Waals surface area contributed by atoms with Crippen molar-refractivity contribution in [3.05, 3.63) is 71.8 Å². The summed E-state index contributed by atoms with van der Waals surface area (Å²) in [5, 5.41) is 2.87. The Balaban J connectivity index is 2.01. The van der Waals surface area contributed by atoms with Gasteiger partial charge in [-0.05, 0) is 61.4 Å². The fourth-order valence-corrected chi connectivity index (χ4v) is 1.84. The number of hydrogen-bond donors (Lipinski definition) is 1. The molecule has 0 heterocycles. The first-order valence-corrected chi connectivity index (χ1v) is 6.80. The highest BCUT2D eigenvalue weighted by molar-refractivity contribution is 6.04. The second-order valence-electron chi connectivity index (χ2n) is 5.09. The topological polar surface area (TPSA) is 38.3 Å². The van der Waals surface area contributed by atoms with E-state index < -0.39 is 0 Å². The van der Waals surface area contributed by atoms with E-state index in [0.717, 1.165) is 22.6 Å². The molecule has 0 saturated carbocycles. The third-order valence-corrected chi connectivity index (χ3v) is 2.88. The van der Waals surface area contributed by atoms with E-state index in [9.17, 15) is 4.79 Å². The van der Waals surface area contributed by atoms with Crippen LogP contribution in [0.5, 0.6) is 5.75 Å². The second kappa shape index (κ2) is 6.75. The van der Waals surface area contributed by atoms with E-state index in [1.165, 1.54) is 0 Å². The average molecular weight is 281 g/mol. The Labute approximate surface area is 125 Å². The smallest absolute Gasteiger partial charge is 0.255 e. The molecule has 1 N–H and O–H groups in total. The van der Waals surface area contributed by atoms with Crippen molar-refractivity contribution in [2.75, 3.05) is 11.9 Å². The van der Waals surface area contributed by atoms with Crippen molar-refractivity contribution in [2.45, 2.75) is 13.8 Å². The molecule has 0 atom stereocenters. The van der Waals surface area contributed by atoms with Gasteiger partial charge in [0, 0.05) is 11.3 Å². The molecule has 3 heteroatoms. The molecule has 0 fully saturated rings. The van der Waals surface area contributed by atoms with E-state index >= 15 is 0 Å². The SMILES string of the molecule is C=C(C)COc1ccc(C(=O)Nc2cccc(C)c2)cc1. The lowest BCUT2D eigenvalue weighted by atomic mass is 10.2. The van der Waals surface area contributed by atoms with Crippen LogP contribution in [0.15, 0.2) is 60.7 Å². The molecule has 0 saturated heterocycles. The first-order valence-electron chi connectivity index (χ1n) is 6.80. The predicted molar refractivity (Wildman–Crippen MR) is 85.9 cm³/mol. The lowest BCUT2D eigenvalue weighted by molar-refractivity contribution is 0.102. The molecular weight excluding hydrogens is 262 g/mol. The summed E-state index contributed by atoms with van der Waals surface area (Å²) in [4.78, 5) is 12.1. The predicted octanol–water partition coefficient (Wildman–Crippen LogP) is 4.20. The Morgan fingerprint density at radius 1 is 1.19 bits per heavy atom. The van der Waals surface area contributed by atoms with Crippen molar-refractivity contribution in [2.24, 2.45) is 0 Å². The molecule has 0 aliphatic carbocycles. The molecule has 2 rings (SSSR count). The van der Waals surface area contributed by atoms with E-state index in [2.05, 4.69) is 11.9 Å². The van der Waals surface area contributed by atoms with Gasteiger partial charge in [0.05, 0.1) is 0 Å². The summed E-state index contributed by atoms with van der Waals surface area (Å²) in [6, 6.07) is 14.8. The second-order valence-corrected chi connectivity index (χ2v) is 5.09. The quantitative estimate of drug-likeness (QED) is 0.834. The van der Waals surface area contributed by atoms with E-state index in [-0.39, 0.29) is 5.91 Å². The van der Waals surface area contributed by atoms with Crippen LogP contribution in [0.25, 0.3) is 0 Å². The van der Waals surface area contributed by atoms with Crippen LogP contribution in [-0.2, 0) is 0 Å². The molecule has 0 aromatic heterocycles. The van der Waals surface area contributed by atoms with Crippen molar-refractivity contribution in [1.82, 2.24) is 0 Å². The summed E-state index contributed by atoms with van der Waals surface area (Å²) < 4.78 is 5.50. The fraction of sp³-hybridized carbons (Fsp3) is 0.167. The fourth-order valence-electron chi connectivity index (χ4n) is 1.84. The van der Waals surface area contributed by atoms with Gasteiger partial charge < -0.3 is 10.1 Å². The summed E-state index contributed by atoms with van der Waals surface area (Å²) in [6.45, 7) is 8.16. The molecule has 0 aliphatic rings. The number of benzene rings is 2. The number of aryl methyl sites for hydroxylation is 1. The number of carbonyl (C=O) groups is 1. The molecule has 0 unspecified atom stereocenters. The summed E-state index contributed by atoms with van der Waals surface area (Å²) in [5.74, 6) is 0.595. The number of nitrogens with one attached hydrogen (secondary N) is 1. The monoisotopic (exact) mass is 281 g/mol. The molecule has 108 valence electrons. The van der Waals surface area contributed by atoms with Crippen molar-refractivity contribution in [3.8, 4) is 5.75 Å². The summed E-state index contributed by atoms with van der Waals surface area (Å²) in [6.07, 6.45) is 0. The third kappa shape index (κ3) is 4.49. The molecule has 21 heavy (non-hydrogen) atoms. The average Bonchev–Trinajstić information content (AvgIpc) is 2.45. The Morgan fingerprint density at radius 2 is 1.90 bits per heavy atom. The molecule has 0 bridgehead atoms. The maximum atomic E-state index is 12.1. The van der Waals surface area contributed by atoms with Crippen LogP contribution in [0.3, 0.4) is 0 Å². The molecule has 0 aliphatic heterocycles. The molecule has 0 radical (unpaired) electrons. The highest BCUT2D eigenvalue weighted by Gasteiger charge is 2.06. The Kier molecular flexibility index (Phi) is 4.77. The van der Waals surface area contributed by atoms with Gasteiger partial charge in [0.1, 0.15) is 12.4 Å². The Morgan fingerprint density at radius 3 is 2.52 bits per heavy atom. The van der Waals surface area contributed by atoms with Gasteiger partial charge in [0.25, 0.3) is 5.91 Å². The van der Waals surface area contributed by atoms with Crippen LogP contribution in [0.2, 0.25) is 0 Å². The number of carbonyl (C=O) groups excluding carboxylic acids is 1. The number of hydrogen-bond acceptors (Lipinski definition) is 2. The number of rotatable bonds is 5. The van der Waals surface area contributed by atoms with Crippen molar-refractivity contribution >= 4 is 11.6 Å². The molecule has 2 aromatic carbocycles. The van der Waals surface area contributed by atoms with Crippen LogP contribution >= 0.6 is 0 Å². The lowest BCUT2D eigenvalue weighted by Crippen LogP contribution is -2.11. The van der Waals surface area contributed by atoms with Gasteiger partial charge in [-0.15, -0.1) is 0 Å². The van der Waals surface area contributed by atoms with Gasteiger partial charge in [-0.3, -0.25) is 4.79 Å². The summed E-state index contributed by atoms with van der Waals surface area (Å²) in [7, 11) is 0. The Hall–Kier alpha value is -2.55. The van der Waals surface area contributed by atoms with Crippen molar-refractivity contribution in [3.63, 3.8) is 0 Å². The molecule has 3 nitrogen and oxygen atoms in total. The largest absolute Gasteiger partial charge is 0.489 e. The number of anilines is 1.